The van der Waals surface area contributed by atoms with E-state index in [0.29, 0.717) is 26.4 Å². The molecule has 2 fully saturated rings. The highest BCUT2D eigenvalue weighted by atomic mass is 79.9. The maximum absolute atomic E-state index is 10.2. The number of halogens is 2. The summed E-state index contributed by atoms with van der Waals surface area (Å²) in [5, 5.41) is 20.3. The third-order valence-electron chi connectivity index (χ3n) is 8.63. The van der Waals surface area contributed by atoms with Crippen LogP contribution in [0.15, 0.2) is 49.1 Å². The van der Waals surface area contributed by atoms with Crippen molar-refractivity contribution >= 4 is 0 Å². The van der Waals surface area contributed by atoms with Crippen LogP contribution in [0.1, 0.15) is 94.8 Å². The Kier molecular flexibility index (Phi) is 19.4. The Labute approximate surface area is 290 Å². The Bertz CT molecular complexity index is 1020. The Morgan fingerprint density at radius 3 is 1.56 bits per heavy atom. The quantitative estimate of drug-likeness (QED) is 0.133. The molecule has 4 rings (SSSR count). The summed E-state index contributed by atoms with van der Waals surface area (Å²) in [4.78, 5) is 2.99. The van der Waals surface area contributed by atoms with Crippen molar-refractivity contribution in [3.05, 3.63) is 60.2 Å². The van der Waals surface area contributed by atoms with Crippen molar-refractivity contribution in [2.24, 2.45) is 10.8 Å². The van der Waals surface area contributed by atoms with Gasteiger partial charge in [-0.25, -0.2) is 9.55 Å². The van der Waals surface area contributed by atoms with Gasteiger partial charge >= 0.3 is 0 Å². The summed E-state index contributed by atoms with van der Waals surface area (Å²) in [6.45, 7) is 4.75. The number of pyridine rings is 2. The molecule has 0 bridgehead atoms. The van der Waals surface area contributed by atoms with Crippen LogP contribution in [0.3, 0.4) is 0 Å². The van der Waals surface area contributed by atoms with Crippen LogP contribution in [0.2, 0.25) is 0 Å². The van der Waals surface area contributed by atoms with Gasteiger partial charge in [0.05, 0.1) is 63.7 Å². The van der Waals surface area contributed by atoms with E-state index in [1.807, 2.05) is 24.5 Å². The van der Waals surface area contributed by atoms with E-state index >= 15 is 0 Å². The van der Waals surface area contributed by atoms with Crippen LogP contribution < -0.4 is 43.5 Å². The molecule has 0 saturated carbocycles. The number of ether oxygens (including phenoxy) is 5. The third-order valence-corrected chi connectivity index (χ3v) is 8.63. The number of aromatic amines is 1. The minimum Gasteiger partial charge on any atom is -1.00 e. The lowest BCUT2D eigenvalue weighted by atomic mass is 9.89. The van der Waals surface area contributed by atoms with Gasteiger partial charge in [0.1, 0.15) is 6.54 Å². The zero-order valence-corrected chi connectivity index (χ0v) is 30.0. The van der Waals surface area contributed by atoms with Gasteiger partial charge in [0.25, 0.3) is 0 Å². The summed E-state index contributed by atoms with van der Waals surface area (Å²) >= 11 is 0. The number of hydrogen-bond acceptors (Lipinski definition) is 7. The maximum Gasteiger partial charge on any atom is 0.184 e. The lowest BCUT2D eigenvalue weighted by Crippen LogP contribution is -3.00. The summed E-state index contributed by atoms with van der Waals surface area (Å²) in [7, 11) is 0. The molecule has 0 aromatic carbocycles. The van der Waals surface area contributed by atoms with Gasteiger partial charge in [0, 0.05) is 41.8 Å². The van der Waals surface area contributed by atoms with Crippen LogP contribution in [0, 0.1) is 10.8 Å². The molecule has 2 aromatic rings. The van der Waals surface area contributed by atoms with Gasteiger partial charge in [-0.3, -0.25) is 0 Å². The zero-order chi connectivity index (χ0) is 30.2. The van der Waals surface area contributed by atoms with Crippen LogP contribution in [0.4, 0.5) is 0 Å². The first-order chi connectivity index (χ1) is 21.1. The highest BCUT2D eigenvalue weighted by Gasteiger charge is 2.41. The topological polar surface area (TPSA) is 105 Å². The van der Waals surface area contributed by atoms with Gasteiger partial charge < -0.3 is 67.9 Å². The van der Waals surface area contributed by atoms with E-state index in [2.05, 4.69) is 41.0 Å². The van der Waals surface area contributed by atoms with Gasteiger partial charge in [-0.05, 0) is 6.42 Å². The van der Waals surface area contributed by atoms with Crippen LogP contribution in [0.5, 0.6) is 0 Å². The summed E-state index contributed by atoms with van der Waals surface area (Å²) < 4.78 is 32.2. The fourth-order valence-corrected chi connectivity index (χ4v) is 5.61. The molecule has 4 heterocycles. The molecule has 0 spiro atoms. The van der Waals surface area contributed by atoms with Crippen molar-refractivity contribution in [2.75, 3.05) is 52.9 Å². The molecule has 2 saturated heterocycles. The highest BCUT2D eigenvalue weighted by Crippen LogP contribution is 2.34. The molecule has 11 heteroatoms. The summed E-state index contributed by atoms with van der Waals surface area (Å²) in [5.41, 5.74) is 0.545. The fraction of sp³-hybridized carbons (Fsp3) is 0.706. The Hall–Kier alpha value is -1.02. The highest BCUT2D eigenvalue weighted by molar-refractivity contribution is 5.10. The van der Waals surface area contributed by atoms with Crippen molar-refractivity contribution in [1.29, 1.82) is 0 Å². The number of nitrogens with one attached hydrogen (secondary N) is 1. The fourth-order valence-electron chi connectivity index (χ4n) is 5.61. The van der Waals surface area contributed by atoms with E-state index in [1.165, 1.54) is 64.2 Å². The number of unbranched alkanes of at least 4 members (excludes halogenated alkanes) is 9. The van der Waals surface area contributed by atoms with Crippen molar-refractivity contribution < 1.29 is 77.4 Å². The SMILES string of the molecule is CCCCCCCCCCCC[n+]1ccc(C2OCC(CO)(COCC3(CO)COC(c4cc[nH+]cc4)OC3)CO2)cc1.[Br-].[Br-]. The number of aliphatic hydroxyl groups is 2. The number of aliphatic hydroxyl groups excluding tert-OH is 2. The molecule has 0 unspecified atom stereocenters. The van der Waals surface area contributed by atoms with Crippen LogP contribution >= 0.6 is 0 Å². The molecular formula is C34H54Br2N2O7. The minimum absolute atomic E-state index is 0. The number of H-pyrrole nitrogens is 1. The first-order valence-corrected chi connectivity index (χ1v) is 16.3. The molecule has 0 aliphatic carbocycles. The standard InChI is InChI=1S/C34H53N2O7.2BrH/c1-2-3-4-5-6-7-8-9-10-11-18-36-19-14-30(15-20-36)32-42-27-34(22-38,28-43-32)24-39-23-33(21-37)25-40-31(41-26-33)29-12-16-35-17-13-29;;/h12-17,19-20,31-32,37-38H,2-11,18,21-28H2,1H3;2*1H/q+1;;/p-1. The normalized spacial score (nSPS) is 24.9. The smallest absolute Gasteiger partial charge is 0.184 e. The molecule has 2 aromatic heterocycles. The molecule has 0 amide bonds. The lowest BCUT2D eigenvalue weighted by molar-refractivity contribution is -0.697. The number of nitrogens with zero attached hydrogens (tertiary/aromatic N) is 1. The second-order valence-corrected chi connectivity index (χ2v) is 12.6. The summed E-state index contributed by atoms with van der Waals surface area (Å²) in [6.07, 6.45) is 20.3. The van der Waals surface area contributed by atoms with Crippen molar-refractivity contribution in [3.8, 4) is 0 Å². The summed E-state index contributed by atoms with van der Waals surface area (Å²) in [6, 6.07) is 7.92. The second kappa shape index (κ2) is 21.8. The zero-order valence-electron chi connectivity index (χ0n) is 26.8. The van der Waals surface area contributed by atoms with Crippen LogP contribution in [-0.4, -0.2) is 63.1 Å². The Balaban J connectivity index is 0.00000353. The maximum atomic E-state index is 10.2. The largest absolute Gasteiger partial charge is 1.00 e. The predicted molar refractivity (Wildman–Crippen MR) is 161 cm³/mol. The molecule has 2 aliphatic heterocycles. The third kappa shape index (κ3) is 12.8. The van der Waals surface area contributed by atoms with Crippen molar-refractivity contribution in [3.63, 3.8) is 0 Å². The molecule has 2 aliphatic rings. The van der Waals surface area contributed by atoms with Crippen LogP contribution in [-0.2, 0) is 30.2 Å². The van der Waals surface area contributed by atoms with Crippen molar-refractivity contribution in [1.82, 2.24) is 0 Å². The number of hydrogen-bond donors (Lipinski definition) is 2. The Morgan fingerprint density at radius 1 is 0.689 bits per heavy atom. The minimum atomic E-state index is -0.670. The first kappa shape index (κ1) is 40.2. The number of rotatable bonds is 19. The summed E-state index contributed by atoms with van der Waals surface area (Å²) in [5.74, 6) is 0. The first-order valence-electron chi connectivity index (χ1n) is 16.3. The van der Waals surface area contributed by atoms with E-state index in [-0.39, 0.29) is 60.4 Å². The number of aryl methyl sites for hydroxylation is 1. The lowest BCUT2D eigenvalue weighted by Gasteiger charge is -2.41. The molecule has 45 heavy (non-hydrogen) atoms. The average molecular weight is 763 g/mol. The Morgan fingerprint density at radius 2 is 1.11 bits per heavy atom. The van der Waals surface area contributed by atoms with E-state index in [4.69, 9.17) is 23.7 Å². The van der Waals surface area contributed by atoms with E-state index in [1.54, 1.807) is 0 Å². The van der Waals surface area contributed by atoms with E-state index in [9.17, 15) is 10.2 Å². The molecule has 9 nitrogen and oxygen atoms in total. The molecule has 0 radical (unpaired) electrons. The van der Waals surface area contributed by atoms with E-state index < -0.39 is 23.4 Å². The monoisotopic (exact) mass is 760 g/mol. The molecular weight excluding hydrogens is 708 g/mol. The second-order valence-electron chi connectivity index (χ2n) is 12.6. The van der Waals surface area contributed by atoms with E-state index in [0.717, 1.165) is 17.7 Å². The average Bonchev–Trinajstić information content (AvgIpc) is 3.07. The van der Waals surface area contributed by atoms with Gasteiger partial charge in [0.15, 0.2) is 37.4 Å². The molecule has 256 valence electrons. The molecule has 3 N–H and O–H groups in total. The van der Waals surface area contributed by atoms with Gasteiger partial charge in [-0.1, -0.05) is 58.3 Å². The van der Waals surface area contributed by atoms with Gasteiger partial charge in [0.2, 0.25) is 0 Å². The van der Waals surface area contributed by atoms with Crippen LogP contribution in [0.25, 0.3) is 0 Å². The van der Waals surface area contributed by atoms with Gasteiger partial charge in [-0.2, -0.15) is 0 Å². The van der Waals surface area contributed by atoms with Gasteiger partial charge in [-0.15, -0.1) is 0 Å². The van der Waals surface area contributed by atoms with Crippen molar-refractivity contribution in [2.45, 2.75) is 90.3 Å². The number of aromatic nitrogens is 2. The predicted octanol–water partition coefficient (Wildman–Crippen LogP) is -1.52. The molecule has 0 atom stereocenters.